The molecule has 0 bridgehead atoms. The Morgan fingerprint density at radius 3 is 2.53 bits per heavy atom. The fourth-order valence-corrected chi connectivity index (χ4v) is 2.30. The molecule has 19 heavy (non-hydrogen) atoms. The summed E-state index contributed by atoms with van der Waals surface area (Å²) in [5, 5.41) is 14.5. The summed E-state index contributed by atoms with van der Waals surface area (Å²) >= 11 is 3.45. The summed E-state index contributed by atoms with van der Waals surface area (Å²) in [4.78, 5) is 21.9. The number of benzene rings is 1. The number of nitrogens with one attached hydrogen (secondary N) is 2. The van der Waals surface area contributed by atoms with Crippen molar-refractivity contribution in [2.75, 3.05) is 6.54 Å². The molecule has 5 nitrogen and oxygen atoms in total. The van der Waals surface area contributed by atoms with E-state index in [9.17, 15) is 9.59 Å². The largest absolute Gasteiger partial charge is 0.480 e. The van der Waals surface area contributed by atoms with Gasteiger partial charge in [0.2, 0.25) is 5.91 Å². The minimum Gasteiger partial charge on any atom is -0.480 e. The molecule has 1 aromatic carbocycles. The van der Waals surface area contributed by atoms with Gasteiger partial charge in [0.1, 0.15) is 6.04 Å². The predicted octanol–water partition coefficient (Wildman–Crippen LogP) is 1.69. The van der Waals surface area contributed by atoms with Gasteiger partial charge in [0.05, 0.1) is 0 Å². The minimum absolute atomic E-state index is 0.0221. The van der Waals surface area contributed by atoms with Crippen molar-refractivity contribution < 1.29 is 14.7 Å². The molecule has 104 valence electrons. The van der Waals surface area contributed by atoms with Crippen LogP contribution in [0.1, 0.15) is 25.5 Å². The zero-order valence-corrected chi connectivity index (χ0v) is 12.4. The average molecular weight is 329 g/mol. The molecule has 0 aliphatic heterocycles. The number of amides is 1. The van der Waals surface area contributed by atoms with Crippen LogP contribution >= 0.6 is 15.9 Å². The first-order chi connectivity index (χ1) is 8.91. The lowest BCUT2D eigenvalue weighted by Gasteiger charge is -2.19. The van der Waals surface area contributed by atoms with Crippen molar-refractivity contribution in [3.8, 4) is 0 Å². The Hall–Kier alpha value is -1.40. The van der Waals surface area contributed by atoms with E-state index in [-0.39, 0.29) is 18.5 Å². The summed E-state index contributed by atoms with van der Waals surface area (Å²) in [6.07, 6.45) is 0. The number of hydrogen-bond acceptors (Lipinski definition) is 3. The summed E-state index contributed by atoms with van der Waals surface area (Å²) in [5.74, 6) is -1.41. The summed E-state index contributed by atoms with van der Waals surface area (Å²) in [6.45, 7) is 3.40. The Bertz CT molecular complexity index is 465. The molecule has 1 unspecified atom stereocenters. The highest BCUT2D eigenvalue weighted by atomic mass is 79.9. The molecule has 1 amide bonds. The van der Waals surface area contributed by atoms with E-state index >= 15 is 0 Å². The average Bonchev–Trinajstić information content (AvgIpc) is 2.34. The fraction of sp³-hybridized carbons (Fsp3) is 0.385. The van der Waals surface area contributed by atoms with E-state index < -0.39 is 12.0 Å². The van der Waals surface area contributed by atoms with Crippen molar-refractivity contribution in [1.29, 1.82) is 0 Å². The number of hydrogen-bond donors (Lipinski definition) is 3. The Labute approximate surface area is 120 Å². The second kappa shape index (κ2) is 7.25. The number of carboxylic acid groups (broad SMARTS) is 1. The van der Waals surface area contributed by atoms with Gasteiger partial charge in [-0.05, 0) is 18.6 Å². The van der Waals surface area contributed by atoms with E-state index in [2.05, 4.69) is 26.6 Å². The second-order valence-electron chi connectivity index (χ2n) is 4.24. The molecule has 0 aliphatic carbocycles. The summed E-state index contributed by atoms with van der Waals surface area (Å²) in [6, 6.07) is 6.76. The van der Waals surface area contributed by atoms with Gasteiger partial charge in [-0.2, -0.15) is 0 Å². The molecule has 6 heteroatoms. The number of carbonyl (C=O) groups is 2. The van der Waals surface area contributed by atoms with E-state index in [1.54, 1.807) is 0 Å². The third kappa shape index (κ3) is 5.00. The van der Waals surface area contributed by atoms with Crippen LogP contribution in [-0.4, -0.2) is 29.6 Å². The molecule has 1 aromatic rings. The Morgan fingerprint density at radius 1 is 1.37 bits per heavy atom. The van der Waals surface area contributed by atoms with Crippen molar-refractivity contribution in [3.05, 3.63) is 34.3 Å². The Kier molecular flexibility index (Phi) is 5.98. The van der Waals surface area contributed by atoms with Gasteiger partial charge in [0.15, 0.2) is 0 Å². The highest BCUT2D eigenvalue weighted by Crippen LogP contribution is 2.22. The molecule has 0 aromatic heterocycles. The van der Waals surface area contributed by atoms with Crippen molar-refractivity contribution >= 4 is 27.8 Å². The summed E-state index contributed by atoms with van der Waals surface area (Å²) < 4.78 is 0.960. The molecule has 1 rings (SSSR count). The molecule has 0 spiro atoms. The zero-order valence-electron chi connectivity index (χ0n) is 10.8. The smallest absolute Gasteiger partial charge is 0.327 e. The lowest BCUT2D eigenvalue weighted by Crippen LogP contribution is -2.46. The first-order valence-corrected chi connectivity index (χ1v) is 6.69. The van der Waals surface area contributed by atoms with E-state index in [4.69, 9.17) is 5.11 Å². The number of rotatable bonds is 6. The first-order valence-electron chi connectivity index (χ1n) is 5.89. The van der Waals surface area contributed by atoms with Crippen LogP contribution in [0, 0.1) is 0 Å². The Balaban J connectivity index is 2.62. The van der Waals surface area contributed by atoms with Gasteiger partial charge in [-0.3, -0.25) is 4.79 Å². The lowest BCUT2D eigenvalue weighted by molar-refractivity contribution is -0.141. The van der Waals surface area contributed by atoms with Crippen LogP contribution in [0.4, 0.5) is 0 Å². The van der Waals surface area contributed by atoms with Gasteiger partial charge < -0.3 is 15.7 Å². The number of aliphatic carboxylic acids is 1. The van der Waals surface area contributed by atoms with Crippen molar-refractivity contribution in [2.45, 2.75) is 25.9 Å². The standard InChI is InChI=1S/C13H17BrN2O3/c1-8(10-5-3-4-6-11(10)14)15-7-12(13(18)19)16-9(2)17/h3-6,8,12,15H,7H2,1-2H3,(H,16,17)(H,18,19)/t8-,12?/m0/s1. The number of carbonyl (C=O) groups excluding carboxylic acids is 1. The quantitative estimate of drug-likeness (QED) is 0.742. The molecule has 3 N–H and O–H groups in total. The van der Waals surface area contributed by atoms with E-state index in [0.717, 1.165) is 10.0 Å². The van der Waals surface area contributed by atoms with Crippen molar-refractivity contribution in [1.82, 2.24) is 10.6 Å². The van der Waals surface area contributed by atoms with Gasteiger partial charge in [-0.15, -0.1) is 0 Å². The van der Waals surface area contributed by atoms with Gasteiger partial charge in [0.25, 0.3) is 0 Å². The highest BCUT2D eigenvalue weighted by Gasteiger charge is 2.19. The topological polar surface area (TPSA) is 78.4 Å². The minimum atomic E-state index is -1.05. The highest BCUT2D eigenvalue weighted by molar-refractivity contribution is 9.10. The van der Waals surface area contributed by atoms with Gasteiger partial charge in [0, 0.05) is 24.0 Å². The zero-order chi connectivity index (χ0) is 14.4. The first kappa shape index (κ1) is 15.7. The Morgan fingerprint density at radius 2 is 2.00 bits per heavy atom. The molecule has 0 saturated heterocycles. The maximum Gasteiger partial charge on any atom is 0.327 e. The maximum atomic E-state index is 11.0. The molecule has 0 saturated carbocycles. The van der Waals surface area contributed by atoms with Crippen LogP contribution < -0.4 is 10.6 Å². The maximum absolute atomic E-state index is 11.0. The van der Waals surface area contributed by atoms with E-state index in [0.29, 0.717) is 0 Å². The molecule has 0 radical (unpaired) electrons. The predicted molar refractivity (Wildman–Crippen MR) is 75.8 cm³/mol. The third-order valence-electron chi connectivity index (χ3n) is 2.68. The van der Waals surface area contributed by atoms with Crippen molar-refractivity contribution in [2.24, 2.45) is 0 Å². The van der Waals surface area contributed by atoms with Gasteiger partial charge in [-0.1, -0.05) is 34.1 Å². The number of carboxylic acids is 1. The van der Waals surface area contributed by atoms with Gasteiger partial charge >= 0.3 is 5.97 Å². The fourth-order valence-electron chi connectivity index (χ4n) is 1.68. The monoisotopic (exact) mass is 328 g/mol. The summed E-state index contributed by atoms with van der Waals surface area (Å²) in [7, 11) is 0. The van der Waals surface area contributed by atoms with E-state index in [1.165, 1.54) is 6.92 Å². The normalized spacial score (nSPS) is 13.6. The lowest BCUT2D eigenvalue weighted by atomic mass is 10.1. The van der Waals surface area contributed by atoms with Crippen LogP contribution in [0.3, 0.4) is 0 Å². The number of halogens is 1. The van der Waals surface area contributed by atoms with E-state index in [1.807, 2.05) is 31.2 Å². The van der Waals surface area contributed by atoms with Crippen LogP contribution in [0.25, 0.3) is 0 Å². The SMILES string of the molecule is CC(=O)NC(CN[C@@H](C)c1ccccc1Br)C(=O)O. The van der Waals surface area contributed by atoms with Crippen molar-refractivity contribution in [3.63, 3.8) is 0 Å². The molecular formula is C13H17BrN2O3. The summed E-state index contributed by atoms with van der Waals surface area (Å²) in [5.41, 5.74) is 1.04. The van der Waals surface area contributed by atoms with Crippen LogP contribution in [0.15, 0.2) is 28.7 Å². The molecule has 0 heterocycles. The second-order valence-corrected chi connectivity index (χ2v) is 5.10. The molecule has 2 atom stereocenters. The van der Waals surface area contributed by atoms with Gasteiger partial charge in [-0.25, -0.2) is 4.79 Å². The molecular weight excluding hydrogens is 312 g/mol. The third-order valence-corrected chi connectivity index (χ3v) is 3.40. The molecule has 0 aliphatic rings. The van der Waals surface area contributed by atoms with Crippen LogP contribution in [-0.2, 0) is 9.59 Å². The van der Waals surface area contributed by atoms with Crippen LogP contribution in [0.2, 0.25) is 0 Å². The van der Waals surface area contributed by atoms with Crippen LogP contribution in [0.5, 0.6) is 0 Å². The molecule has 0 fully saturated rings.